The van der Waals surface area contributed by atoms with E-state index in [1.54, 1.807) is 80.8 Å². The van der Waals surface area contributed by atoms with Crippen molar-refractivity contribution in [3.63, 3.8) is 0 Å². The van der Waals surface area contributed by atoms with Crippen LogP contribution >= 0.6 is 48.0 Å². The Morgan fingerprint density at radius 3 is 0.630 bits per heavy atom. The number of carbonyl (C=O) groups is 4. The Balaban J connectivity index is -0.0000000429. The number of carbonyl (C=O) groups excluding carboxylic acids is 4. The molecule has 0 aromatic rings. The van der Waals surface area contributed by atoms with Crippen LogP contribution in [0.4, 0.5) is 9.59 Å². The summed E-state index contributed by atoms with van der Waals surface area (Å²) in [5, 5.41) is 14.1. The number of methoxy groups -OCH3 is 4. The van der Waals surface area contributed by atoms with E-state index >= 15 is 0 Å². The standard InChI is InChI=1S/2C3H7NO2.4C3H6OS.C3H8O.3C2H6O3S.3C2H6O2S.C2H6OS/c2*1-4-3(5)6-2;2*1-3(4)5-2;2*1-3(5)4-2;1-3(2)4;2*1-5-6(2,3)4;1-4-6(3)5-2;1-5(2,3)4;2*1-4-5(2)3;1-4(2)3/h2*1-2H3,(H,4,5);4*1-2H3;3-4H,1-2H3;3*1-2H3;3*1-2H3;1-2H3. The predicted molar refractivity (Wildman–Crippen MR) is 308 cm³/mol. The monoisotopic (exact) mass is 1290 g/mol. The summed E-state index contributed by atoms with van der Waals surface area (Å²) in [6.45, 7) is 10.00. The van der Waals surface area contributed by atoms with Gasteiger partial charge in [0.15, 0.2) is 42.5 Å². The maximum absolute atomic E-state index is 9.85. The molecule has 2 amide bonds. The van der Waals surface area contributed by atoms with Crippen LogP contribution in [0.3, 0.4) is 0 Å². The van der Waals surface area contributed by atoms with Gasteiger partial charge in [0.05, 0.1) is 83.6 Å². The van der Waals surface area contributed by atoms with E-state index in [1.165, 1.54) is 92.8 Å². The lowest BCUT2D eigenvalue weighted by molar-refractivity contribution is -0.109. The highest BCUT2D eigenvalue weighted by atomic mass is 32.2. The Hall–Kier alpha value is -1.47. The molecule has 0 spiro atoms. The number of amides is 2. The third kappa shape index (κ3) is 407. The number of aliphatic hydroxyl groups is 1. The zero-order valence-corrected chi connectivity index (χ0v) is 56.3. The van der Waals surface area contributed by atoms with Gasteiger partial charge in [-0.15, -0.1) is 0 Å². The number of thioether (sulfide) groups is 2. The van der Waals surface area contributed by atoms with Crippen molar-refractivity contribution in [2.24, 2.45) is 0 Å². The summed E-state index contributed by atoms with van der Waals surface area (Å²) in [4.78, 5) is 39.2. The lowest BCUT2D eigenvalue weighted by Crippen LogP contribution is -2.16. The van der Waals surface area contributed by atoms with Crippen LogP contribution in [0.25, 0.3) is 0 Å². The minimum Gasteiger partial charge on any atom is -0.491 e. The number of rotatable bonds is 6. The molecule has 0 saturated carbocycles. The fraction of sp³-hybridized carbons (Fsp3) is 0.829. The van der Waals surface area contributed by atoms with Crippen LogP contribution in [-0.2, 0) is 128 Å². The largest absolute Gasteiger partial charge is 0.491 e. The third-order valence-corrected chi connectivity index (χ3v) is 7.45. The lowest BCUT2D eigenvalue weighted by atomic mass is 10.5. The highest BCUT2D eigenvalue weighted by molar-refractivity contribution is 8.13. The summed E-state index contributed by atoms with van der Waals surface area (Å²) in [7, 11) is 6.81. The van der Waals surface area contributed by atoms with E-state index in [0.717, 1.165) is 39.2 Å². The summed E-state index contributed by atoms with van der Waals surface area (Å²) in [5.41, 5.74) is 0. The highest BCUT2D eigenvalue weighted by Gasteiger charge is 1.91. The minimum atomic E-state index is -3.16. The van der Waals surface area contributed by atoms with Gasteiger partial charge in [0, 0.05) is 96.2 Å². The first kappa shape index (κ1) is 108. The Labute approximate surface area is 467 Å². The van der Waals surface area contributed by atoms with Gasteiger partial charge < -0.3 is 34.7 Å². The average molecular weight is 1290 g/mol. The molecule has 0 heterocycles. The number of aliphatic hydroxyl groups excluding tert-OH is 1. The lowest BCUT2D eigenvalue weighted by Gasteiger charge is -1.90. The average Bonchev–Trinajstić information content (AvgIpc) is 3.28. The second-order valence-corrected chi connectivity index (χ2v) is 24.4. The van der Waals surface area contributed by atoms with Crippen molar-refractivity contribution in [3.8, 4) is 0 Å². The van der Waals surface area contributed by atoms with Crippen LogP contribution in [0.5, 0.6) is 0 Å². The van der Waals surface area contributed by atoms with E-state index in [9.17, 15) is 61.3 Å². The molecule has 0 aliphatic carbocycles. The molecule has 0 aromatic heterocycles. The summed E-state index contributed by atoms with van der Waals surface area (Å²) >= 11 is 7.75. The molecule has 0 aliphatic rings. The van der Waals surface area contributed by atoms with Gasteiger partial charge in [0.1, 0.15) is 9.84 Å². The van der Waals surface area contributed by atoms with Crippen molar-refractivity contribution in [1.29, 1.82) is 0 Å². The van der Waals surface area contributed by atoms with Crippen molar-refractivity contribution in [3.05, 3.63) is 0 Å². The molecule has 0 bridgehead atoms. The highest BCUT2D eigenvalue weighted by Crippen LogP contribution is 1.89. The van der Waals surface area contributed by atoms with Crippen LogP contribution in [-0.4, -0.2) is 234 Å². The number of nitrogens with one attached hydrogen (secondary N) is 2. The number of alkyl carbamates (subject to hydrolysis) is 2. The molecule has 0 saturated heterocycles. The number of hydrogen-bond donors (Lipinski definition) is 3. The second-order valence-electron chi connectivity index (χ2n) is 10.7. The molecular formula is C35H88N2O25S11. The first-order valence-corrected chi connectivity index (χ1v) is 33.3. The number of ether oxygens (including phenoxy) is 4. The van der Waals surface area contributed by atoms with Crippen molar-refractivity contribution in [2.75, 3.05) is 148 Å². The summed E-state index contributed by atoms with van der Waals surface area (Å²) < 4.78 is 139. The normalized spacial score (nSPS) is 9.64. The molecule has 454 valence electrons. The van der Waals surface area contributed by atoms with Crippen LogP contribution in [0.2, 0.25) is 0 Å². The Morgan fingerprint density at radius 2 is 0.630 bits per heavy atom. The van der Waals surface area contributed by atoms with Gasteiger partial charge >= 0.3 is 23.5 Å². The van der Waals surface area contributed by atoms with Crippen molar-refractivity contribution in [2.45, 2.75) is 47.6 Å². The van der Waals surface area contributed by atoms with Gasteiger partial charge in [0.2, 0.25) is 0 Å². The van der Waals surface area contributed by atoms with Crippen LogP contribution < -0.4 is 10.6 Å². The van der Waals surface area contributed by atoms with Gasteiger partial charge in [-0.3, -0.25) is 38.9 Å². The maximum atomic E-state index is 9.85. The minimum absolute atomic E-state index is 0.167. The van der Waals surface area contributed by atoms with E-state index in [0.29, 0.717) is 10.1 Å². The maximum Gasteiger partial charge on any atom is 0.406 e. The molecule has 73 heavy (non-hydrogen) atoms. The number of hydrogen-bond acceptors (Lipinski definition) is 29. The molecule has 0 radical (unpaired) electrons. The van der Waals surface area contributed by atoms with Crippen molar-refractivity contribution < 1.29 is 110 Å². The van der Waals surface area contributed by atoms with Gasteiger partial charge in [-0.2, -0.15) is 21.0 Å². The molecule has 0 rings (SSSR count). The van der Waals surface area contributed by atoms with Crippen molar-refractivity contribution in [1.82, 2.24) is 10.6 Å². The SMILES string of the molecule is CC(C)O.CNC(=O)OC.CNC(=O)OC.COC(C)=S.COC(C)=S.COS(=O)OC.COS(C)(=O)=O.COS(C)(=O)=O.COS(C)=O.COS(C)=O.CS(C)(=O)=O.CS(C)=O.CSC(C)=O.CSC(C)=O. The molecular weight excluding hydrogens is 1200 g/mol. The quantitative estimate of drug-likeness (QED) is 0.254. The fourth-order valence-electron chi connectivity index (χ4n) is 0.272. The van der Waals surface area contributed by atoms with E-state index in [2.05, 4.69) is 79.1 Å². The summed E-state index contributed by atoms with van der Waals surface area (Å²) in [6, 6.07) is 0. The zero-order chi connectivity index (χ0) is 62.8. The van der Waals surface area contributed by atoms with E-state index < -0.39 is 86.6 Å². The zero-order valence-electron chi connectivity index (χ0n) is 47.3. The fourth-order valence-corrected chi connectivity index (χ4v) is 0.408. The predicted octanol–water partition coefficient (Wildman–Crippen LogP) is 2.63. The molecule has 2 unspecified atom stereocenters. The van der Waals surface area contributed by atoms with E-state index in [4.69, 9.17) is 5.11 Å². The number of sulfone groups is 1. The first-order chi connectivity index (χ1) is 32.6. The van der Waals surface area contributed by atoms with Gasteiger partial charge in [-0.25, -0.2) is 26.4 Å². The molecule has 2 atom stereocenters. The van der Waals surface area contributed by atoms with Gasteiger partial charge in [-0.05, 0) is 50.8 Å². The topological polar surface area (TPSA) is 376 Å². The smallest absolute Gasteiger partial charge is 0.406 e. The molecule has 3 N–H and O–H groups in total. The Morgan fingerprint density at radius 1 is 0.507 bits per heavy atom. The van der Waals surface area contributed by atoms with Gasteiger partial charge in [-0.1, -0.05) is 23.5 Å². The summed E-state index contributed by atoms with van der Waals surface area (Å²) in [5.74, 6) is 0. The molecule has 38 heteroatoms. The number of thiocarbonyl (C=S) groups is 2. The van der Waals surface area contributed by atoms with Crippen LogP contribution in [0, 0.1) is 0 Å². The summed E-state index contributed by atoms with van der Waals surface area (Å²) in [6.07, 6.45) is 13.1. The Bertz CT molecular complexity index is 1480. The Kier molecular flexibility index (Phi) is 124. The first-order valence-electron chi connectivity index (χ1n) is 18.2. The molecule has 0 aliphatic heterocycles. The third-order valence-electron chi connectivity index (χ3n) is 3.28. The van der Waals surface area contributed by atoms with Crippen LogP contribution in [0.15, 0.2) is 0 Å². The van der Waals surface area contributed by atoms with Gasteiger partial charge in [0.25, 0.3) is 20.2 Å². The molecule has 0 fully saturated rings. The van der Waals surface area contributed by atoms with E-state index in [1.807, 2.05) is 0 Å². The molecule has 0 aromatic carbocycles. The van der Waals surface area contributed by atoms with Crippen molar-refractivity contribution >= 4 is 155 Å². The molecule has 27 nitrogen and oxygen atoms in total. The van der Waals surface area contributed by atoms with Crippen LogP contribution in [0.1, 0.15) is 41.5 Å². The van der Waals surface area contributed by atoms with E-state index in [-0.39, 0.29) is 16.3 Å². The second kappa shape index (κ2) is 84.5.